The Labute approximate surface area is 160 Å². The van der Waals surface area contributed by atoms with Gasteiger partial charge in [-0.1, -0.05) is 36.4 Å². The van der Waals surface area contributed by atoms with Gasteiger partial charge in [0.2, 0.25) is 0 Å². The minimum Gasteiger partial charge on any atom is -0.388 e. The van der Waals surface area contributed by atoms with Crippen molar-refractivity contribution >= 4 is 16.6 Å². The van der Waals surface area contributed by atoms with E-state index in [-0.39, 0.29) is 12.3 Å². The lowest BCUT2D eigenvalue weighted by atomic mass is 10.0. The summed E-state index contributed by atoms with van der Waals surface area (Å²) in [5, 5.41) is 42.2. The van der Waals surface area contributed by atoms with Gasteiger partial charge in [0.05, 0.1) is 22.4 Å². The Kier molecular flexibility index (Phi) is 4.86. The second-order valence-electron chi connectivity index (χ2n) is 6.92. The van der Waals surface area contributed by atoms with Crippen molar-refractivity contribution in [3.05, 3.63) is 76.0 Å². The highest BCUT2D eigenvalue weighted by atomic mass is 16.6. The van der Waals surface area contributed by atoms with Gasteiger partial charge >= 0.3 is 0 Å². The highest BCUT2D eigenvalue weighted by Gasteiger charge is 2.39. The molecule has 0 amide bonds. The third kappa shape index (κ3) is 3.16. The average Bonchev–Trinajstić information content (AvgIpc) is 3.05. The lowest BCUT2D eigenvalue weighted by molar-refractivity contribution is -0.383. The number of hydrogen-bond acceptors (Lipinski definition) is 6. The fourth-order valence-electron chi connectivity index (χ4n) is 3.72. The van der Waals surface area contributed by atoms with Crippen LogP contribution in [0.15, 0.2) is 54.7 Å². The molecule has 3 aromatic rings. The summed E-state index contributed by atoms with van der Waals surface area (Å²) in [7, 11) is 0. The van der Waals surface area contributed by atoms with E-state index in [9.17, 15) is 25.4 Å². The van der Waals surface area contributed by atoms with Gasteiger partial charge in [0, 0.05) is 12.3 Å². The molecule has 0 saturated carbocycles. The van der Waals surface area contributed by atoms with E-state index in [0.29, 0.717) is 22.9 Å². The number of fused-ring (bicyclic) bond motifs is 1. The summed E-state index contributed by atoms with van der Waals surface area (Å²) >= 11 is 0. The van der Waals surface area contributed by atoms with Crippen molar-refractivity contribution in [3.63, 3.8) is 0 Å². The lowest BCUT2D eigenvalue weighted by Crippen LogP contribution is -2.50. The zero-order valence-corrected chi connectivity index (χ0v) is 14.9. The predicted octanol–water partition coefficient (Wildman–Crippen LogP) is 1.75. The minimum absolute atomic E-state index is 0.0342. The zero-order chi connectivity index (χ0) is 19.8. The molecule has 1 saturated heterocycles. The van der Waals surface area contributed by atoms with Crippen LogP contribution in [0.3, 0.4) is 0 Å². The lowest BCUT2D eigenvalue weighted by Gasteiger charge is -2.36. The van der Waals surface area contributed by atoms with Crippen molar-refractivity contribution in [2.75, 3.05) is 6.61 Å². The summed E-state index contributed by atoms with van der Waals surface area (Å²) in [5.74, 6) is 0. The van der Waals surface area contributed by atoms with E-state index in [2.05, 4.69) is 0 Å². The molecule has 0 aliphatic carbocycles. The largest absolute Gasteiger partial charge is 0.388 e. The number of ether oxygens (including phenoxy) is 1. The molecule has 1 aromatic heterocycles. The van der Waals surface area contributed by atoms with Crippen molar-refractivity contribution in [1.29, 1.82) is 0 Å². The number of aliphatic hydroxyl groups is 3. The normalized spacial score (nSPS) is 25.1. The quantitative estimate of drug-likeness (QED) is 0.466. The van der Waals surface area contributed by atoms with E-state index >= 15 is 0 Å². The highest BCUT2D eigenvalue weighted by Crippen LogP contribution is 2.36. The number of nitro groups is 1. The zero-order valence-electron chi connectivity index (χ0n) is 14.9. The van der Waals surface area contributed by atoms with Crippen LogP contribution in [-0.2, 0) is 11.2 Å². The van der Waals surface area contributed by atoms with Crippen molar-refractivity contribution in [3.8, 4) is 0 Å². The molecule has 8 nitrogen and oxygen atoms in total. The predicted molar refractivity (Wildman–Crippen MR) is 101 cm³/mol. The maximum atomic E-state index is 11.6. The van der Waals surface area contributed by atoms with Gasteiger partial charge in [-0.3, -0.25) is 10.1 Å². The molecule has 1 aliphatic rings. The van der Waals surface area contributed by atoms with Crippen LogP contribution >= 0.6 is 0 Å². The van der Waals surface area contributed by atoms with Gasteiger partial charge in [-0.2, -0.15) is 0 Å². The third-order valence-corrected chi connectivity index (χ3v) is 5.10. The Morgan fingerprint density at radius 2 is 1.82 bits per heavy atom. The van der Waals surface area contributed by atoms with E-state index in [1.165, 1.54) is 6.07 Å². The molecule has 4 atom stereocenters. The van der Waals surface area contributed by atoms with Crippen LogP contribution in [0.1, 0.15) is 17.4 Å². The van der Waals surface area contributed by atoms with Crippen LogP contribution in [0.5, 0.6) is 0 Å². The van der Waals surface area contributed by atoms with Crippen molar-refractivity contribution in [2.24, 2.45) is 0 Å². The van der Waals surface area contributed by atoms with Gasteiger partial charge in [0.15, 0.2) is 6.23 Å². The van der Waals surface area contributed by atoms with E-state index in [1.807, 2.05) is 30.3 Å². The Hall–Kier alpha value is -2.78. The molecule has 0 spiro atoms. The molecular weight excluding hydrogens is 364 g/mol. The number of rotatable bonds is 4. The van der Waals surface area contributed by atoms with Gasteiger partial charge in [-0.05, 0) is 23.6 Å². The number of benzene rings is 2. The molecule has 146 valence electrons. The summed E-state index contributed by atoms with van der Waals surface area (Å²) in [6.07, 6.45) is -2.72. The third-order valence-electron chi connectivity index (χ3n) is 5.10. The summed E-state index contributed by atoms with van der Waals surface area (Å²) in [4.78, 5) is 11.2. The maximum Gasteiger partial charge on any atom is 0.279 e. The topological polar surface area (TPSA) is 118 Å². The summed E-state index contributed by atoms with van der Waals surface area (Å²) in [6, 6.07) is 14.3. The van der Waals surface area contributed by atoms with Gasteiger partial charge in [-0.25, -0.2) is 0 Å². The first-order chi connectivity index (χ1) is 13.5. The molecule has 2 aromatic carbocycles. The van der Waals surface area contributed by atoms with E-state index in [0.717, 1.165) is 5.56 Å². The van der Waals surface area contributed by atoms with E-state index < -0.39 is 29.5 Å². The van der Waals surface area contributed by atoms with E-state index in [4.69, 9.17) is 4.74 Å². The number of aromatic nitrogens is 1. The molecular formula is C20H20N2O6. The van der Waals surface area contributed by atoms with Gasteiger partial charge in [0.25, 0.3) is 5.69 Å². The van der Waals surface area contributed by atoms with E-state index in [1.54, 1.807) is 22.9 Å². The minimum atomic E-state index is -1.37. The van der Waals surface area contributed by atoms with Crippen LogP contribution in [0.4, 0.5) is 5.69 Å². The highest BCUT2D eigenvalue weighted by molar-refractivity contribution is 5.92. The number of hydrogen-bond donors (Lipinski definition) is 3. The first kappa shape index (κ1) is 18.6. The summed E-state index contributed by atoms with van der Waals surface area (Å²) < 4.78 is 7.16. The molecule has 0 bridgehead atoms. The molecule has 0 unspecified atom stereocenters. The Morgan fingerprint density at radius 1 is 1.07 bits per heavy atom. The molecule has 1 fully saturated rings. The van der Waals surface area contributed by atoms with Crippen LogP contribution in [-0.4, -0.2) is 49.7 Å². The van der Waals surface area contributed by atoms with Gasteiger partial charge in [0.1, 0.15) is 18.3 Å². The fraction of sp³-hybridized carbons (Fsp3) is 0.300. The number of aliphatic hydroxyl groups excluding tert-OH is 3. The van der Waals surface area contributed by atoms with Crippen molar-refractivity contribution < 1.29 is 25.0 Å². The molecule has 28 heavy (non-hydrogen) atoms. The van der Waals surface area contributed by atoms with Crippen LogP contribution < -0.4 is 0 Å². The SMILES string of the molecule is O=[N+]([O-])c1cccc2c1c(Cc1ccccc1)cn2[C@@H]1OC[C@@H](O)[C@H](O)[C@H]1O. The number of nitrogens with zero attached hydrogens (tertiary/aromatic N) is 2. The molecule has 3 N–H and O–H groups in total. The van der Waals surface area contributed by atoms with Crippen LogP contribution in [0, 0.1) is 10.1 Å². The monoisotopic (exact) mass is 384 g/mol. The van der Waals surface area contributed by atoms with Crippen LogP contribution in [0.2, 0.25) is 0 Å². The Bertz CT molecular complexity index is 1000. The molecule has 8 heteroatoms. The smallest absolute Gasteiger partial charge is 0.279 e. The average molecular weight is 384 g/mol. The van der Waals surface area contributed by atoms with Crippen molar-refractivity contribution in [2.45, 2.75) is 31.0 Å². The van der Waals surface area contributed by atoms with Crippen molar-refractivity contribution in [1.82, 2.24) is 4.57 Å². The number of nitro benzene ring substituents is 1. The molecule has 1 aliphatic heterocycles. The first-order valence-electron chi connectivity index (χ1n) is 8.94. The second-order valence-corrected chi connectivity index (χ2v) is 6.92. The summed E-state index contributed by atoms with van der Waals surface area (Å²) in [6.45, 7) is -0.147. The first-order valence-corrected chi connectivity index (χ1v) is 8.94. The standard InChI is InChI=1S/C20H20N2O6/c23-16-11-28-20(19(25)18(16)24)21-10-13(9-12-5-2-1-3-6-12)17-14(21)7-4-8-15(17)22(26)27/h1-8,10,16,18-20,23-25H,9,11H2/t16-,18+,19-,20-/m1/s1. The number of non-ortho nitro benzene ring substituents is 1. The molecule has 0 radical (unpaired) electrons. The second kappa shape index (κ2) is 7.33. The van der Waals surface area contributed by atoms with Gasteiger partial charge in [-0.15, -0.1) is 0 Å². The van der Waals surface area contributed by atoms with Crippen LogP contribution in [0.25, 0.3) is 10.9 Å². The molecule has 2 heterocycles. The Morgan fingerprint density at radius 3 is 2.54 bits per heavy atom. The Balaban J connectivity index is 1.86. The van der Waals surface area contributed by atoms with Gasteiger partial charge < -0.3 is 24.6 Å². The maximum absolute atomic E-state index is 11.6. The summed E-state index contributed by atoms with van der Waals surface area (Å²) in [5.41, 5.74) is 2.19. The fourth-order valence-corrected chi connectivity index (χ4v) is 3.72. The molecule has 4 rings (SSSR count).